The van der Waals surface area contributed by atoms with Gasteiger partial charge in [-0.25, -0.2) is 14.0 Å². The Balaban J connectivity index is 1.15. The molecule has 0 unspecified atom stereocenters. The highest BCUT2D eigenvalue weighted by Crippen LogP contribution is 2.38. The van der Waals surface area contributed by atoms with Crippen molar-refractivity contribution in [2.75, 3.05) is 31.6 Å². The van der Waals surface area contributed by atoms with Crippen LogP contribution in [0.5, 0.6) is 11.5 Å². The number of fused-ring (bicyclic) bond motifs is 3. The molecule has 284 valence electrons. The number of hydrogen-bond donors (Lipinski definition) is 0. The number of nitrogens with zero attached hydrogens (tertiary/aromatic N) is 3. The first-order valence-electron chi connectivity index (χ1n) is 18.3. The smallest absolute Gasteiger partial charge is 0.415 e. The Kier molecular flexibility index (Phi) is 11.8. The van der Waals surface area contributed by atoms with Crippen LogP contribution < -0.4 is 19.1 Å². The van der Waals surface area contributed by atoms with Crippen molar-refractivity contribution in [1.82, 2.24) is 4.90 Å². The zero-order valence-corrected chi connectivity index (χ0v) is 31.4. The van der Waals surface area contributed by atoms with E-state index in [1.165, 1.54) is 29.4 Å². The first-order valence-corrected chi connectivity index (χ1v) is 19.1. The molecule has 0 radical (unpaired) electrons. The van der Waals surface area contributed by atoms with Gasteiger partial charge in [0.1, 0.15) is 28.1 Å². The lowest BCUT2D eigenvalue weighted by atomic mass is 9.86. The lowest BCUT2D eigenvalue weighted by Crippen LogP contribution is -2.53. The molecular weight excluding hydrogens is 736 g/mol. The van der Waals surface area contributed by atoms with Gasteiger partial charge in [0.2, 0.25) is 0 Å². The Labute approximate surface area is 323 Å². The molecule has 3 aliphatic heterocycles. The van der Waals surface area contributed by atoms with Crippen molar-refractivity contribution in [3.05, 3.63) is 122 Å². The zero-order valence-electron chi connectivity index (χ0n) is 29.9. The van der Waals surface area contributed by atoms with Crippen molar-refractivity contribution in [3.63, 3.8) is 0 Å². The van der Waals surface area contributed by atoms with E-state index in [0.29, 0.717) is 39.5 Å². The van der Waals surface area contributed by atoms with Crippen LogP contribution in [-0.2, 0) is 22.4 Å². The van der Waals surface area contributed by atoms with Crippen LogP contribution >= 0.6 is 23.2 Å². The predicted molar refractivity (Wildman–Crippen MR) is 202 cm³/mol. The maximum absolute atomic E-state index is 15.2. The van der Waals surface area contributed by atoms with E-state index < -0.39 is 24.0 Å². The van der Waals surface area contributed by atoms with Gasteiger partial charge in [-0.1, -0.05) is 53.5 Å². The summed E-state index contributed by atoms with van der Waals surface area (Å²) in [6.45, 7) is 2.57. The second kappa shape index (κ2) is 16.8. The number of amides is 1. The van der Waals surface area contributed by atoms with E-state index >= 15 is 4.39 Å². The molecule has 1 amide bonds. The molecule has 1 saturated carbocycles. The minimum atomic E-state index is -0.915. The van der Waals surface area contributed by atoms with Crippen molar-refractivity contribution in [3.8, 4) is 11.5 Å². The normalized spacial score (nSPS) is 20.0. The van der Waals surface area contributed by atoms with Crippen LogP contribution in [0.4, 0.5) is 14.9 Å². The molecule has 3 saturated heterocycles. The first kappa shape index (κ1) is 37.7. The summed E-state index contributed by atoms with van der Waals surface area (Å²) in [6.07, 6.45) is 6.55. The molecule has 13 heteroatoms. The molecule has 0 spiro atoms. The number of pyridine rings is 1. The number of methoxy groups -OCH3 is 1. The lowest BCUT2D eigenvalue weighted by Gasteiger charge is -2.44. The minimum Gasteiger partial charge on any atom is -0.619 e. The van der Waals surface area contributed by atoms with Crippen LogP contribution in [0.25, 0.3) is 0 Å². The molecule has 10 nitrogen and oxygen atoms in total. The molecule has 0 N–H and O–H groups in total. The standard InChI is InChI=1S/C41H42Cl2FN3O7/c1-51-36-14-13-28(20-38(36)52-30-9-2-3-10-30)37(21-31-32(42)23-46(50)24-33(31)43)53-40(48)29-8-6-7-26(19-29)22-47(35-12-5-4-11-34(35)44)41(49)54-39-25-45-17-15-27(39)16-18-45/h4-8,11-14,19-20,23-24,27,30,37,39H,2-3,9-10,15-18,21-22,25H2,1H3/t37-,39+/m1/s1. The average molecular weight is 779 g/mol. The number of carbonyl (C=O) groups excluding carboxylic acids is 2. The summed E-state index contributed by atoms with van der Waals surface area (Å²) in [5.41, 5.74) is 1.85. The molecule has 4 aromatic rings. The van der Waals surface area contributed by atoms with E-state index in [9.17, 15) is 14.8 Å². The van der Waals surface area contributed by atoms with Crippen LogP contribution in [0.1, 0.15) is 71.7 Å². The van der Waals surface area contributed by atoms with Crippen molar-refractivity contribution >= 4 is 41.0 Å². The topological polar surface area (TPSA) is 104 Å². The predicted octanol–water partition coefficient (Wildman–Crippen LogP) is 8.47. The number of carbonyl (C=O) groups is 2. The number of halogens is 3. The SMILES string of the molecule is COc1ccc([C@@H](Cc2c(Cl)c[n+]([O-])cc2Cl)OC(=O)c2cccc(CN(C(=O)O[C@H]3CN4CCC3CC4)c3ccccc3F)c2)cc1OC1CCCC1. The Morgan fingerprint density at radius 3 is 2.39 bits per heavy atom. The summed E-state index contributed by atoms with van der Waals surface area (Å²) in [6, 6.07) is 18.0. The van der Waals surface area contributed by atoms with E-state index in [4.69, 9.17) is 42.1 Å². The van der Waals surface area contributed by atoms with Gasteiger partial charge in [-0.3, -0.25) is 9.80 Å². The number of esters is 1. The number of benzene rings is 3. The molecule has 1 aromatic heterocycles. The van der Waals surface area contributed by atoms with Gasteiger partial charge in [-0.05, 0) is 105 Å². The van der Waals surface area contributed by atoms with Gasteiger partial charge in [0.15, 0.2) is 23.9 Å². The fraction of sp³-hybridized carbons (Fsp3) is 0.390. The van der Waals surface area contributed by atoms with E-state index in [-0.39, 0.29) is 52.4 Å². The van der Waals surface area contributed by atoms with Crippen molar-refractivity contribution in [2.24, 2.45) is 5.92 Å². The molecule has 4 fully saturated rings. The maximum Gasteiger partial charge on any atom is 0.415 e. The number of rotatable bonds is 12. The van der Waals surface area contributed by atoms with Gasteiger partial charge >= 0.3 is 12.1 Å². The minimum absolute atomic E-state index is 0.0418. The molecule has 8 rings (SSSR count). The van der Waals surface area contributed by atoms with Crippen LogP contribution in [0.3, 0.4) is 0 Å². The number of aromatic nitrogens is 1. The third-order valence-corrected chi connectivity index (χ3v) is 11.2. The van der Waals surface area contributed by atoms with Crippen LogP contribution in [0, 0.1) is 16.9 Å². The Hall–Kier alpha value is -4.58. The molecule has 2 atom stereocenters. The highest BCUT2D eigenvalue weighted by Gasteiger charge is 2.38. The Morgan fingerprint density at radius 2 is 1.70 bits per heavy atom. The lowest BCUT2D eigenvalue weighted by molar-refractivity contribution is -0.605. The monoisotopic (exact) mass is 777 g/mol. The third-order valence-electron chi connectivity index (χ3n) is 10.6. The molecule has 4 aliphatic rings. The quantitative estimate of drug-likeness (QED) is 0.0802. The average Bonchev–Trinajstić information content (AvgIpc) is 3.69. The van der Waals surface area contributed by atoms with Crippen molar-refractivity contribution < 1.29 is 37.7 Å². The van der Waals surface area contributed by atoms with E-state index in [0.717, 1.165) is 51.6 Å². The van der Waals surface area contributed by atoms with Crippen LogP contribution in [0.2, 0.25) is 10.0 Å². The summed E-state index contributed by atoms with van der Waals surface area (Å²) < 4.78 is 39.9. The van der Waals surface area contributed by atoms with Gasteiger partial charge in [-0.15, -0.1) is 0 Å². The fourth-order valence-electron chi connectivity index (χ4n) is 7.64. The van der Waals surface area contributed by atoms with Gasteiger partial charge in [0.25, 0.3) is 0 Å². The highest BCUT2D eigenvalue weighted by molar-refractivity contribution is 6.35. The fourth-order valence-corrected chi connectivity index (χ4v) is 8.24. The molecule has 1 aliphatic carbocycles. The molecule has 4 heterocycles. The number of anilines is 1. The van der Waals surface area contributed by atoms with Crippen LogP contribution in [-0.4, -0.2) is 55.9 Å². The van der Waals surface area contributed by atoms with Gasteiger partial charge < -0.3 is 24.2 Å². The summed E-state index contributed by atoms with van der Waals surface area (Å²) in [4.78, 5) is 31.3. The number of ether oxygens (including phenoxy) is 4. The summed E-state index contributed by atoms with van der Waals surface area (Å²) in [5, 5.41) is 12.3. The number of para-hydroxylation sites is 1. The Bertz CT molecular complexity index is 1960. The Morgan fingerprint density at radius 1 is 0.963 bits per heavy atom. The van der Waals surface area contributed by atoms with Crippen molar-refractivity contribution in [2.45, 2.75) is 69.8 Å². The zero-order chi connectivity index (χ0) is 37.8. The molecular formula is C41H42Cl2FN3O7. The van der Waals surface area contributed by atoms with E-state index in [1.54, 1.807) is 61.7 Å². The van der Waals surface area contributed by atoms with Gasteiger partial charge in [0.05, 0.1) is 31.0 Å². The summed E-state index contributed by atoms with van der Waals surface area (Å²) in [7, 11) is 1.56. The third kappa shape index (κ3) is 8.69. The first-order chi connectivity index (χ1) is 26.1. The second-order valence-electron chi connectivity index (χ2n) is 14.1. The second-order valence-corrected chi connectivity index (χ2v) is 14.9. The van der Waals surface area contributed by atoms with Crippen LogP contribution in [0.15, 0.2) is 79.1 Å². The van der Waals surface area contributed by atoms with Gasteiger partial charge in [-0.2, -0.15) is 4.73 Å². The number of piperidine rings is 3. The molecule has 54 heavy (non-hydrogen) atoms. The number of hydrogen-bond acceptors (Lipinski definition) is 8. The van der Waals surface area contributed by atoms with E-state index in [2.05, 4.69) is 4.90 Å². The summed E-state index contributed by atoms with van der Waals surface area (Å²) >= 11 is 13.0. The highest BCUT2D eigenvalue weighted by atomic mass is 35.5. The van der Waals surface area contributed by atoms with Crippen molar-refractivity contribution in [1.29, 1.82) is 0 Å². The van der Waals surface area contributed by atoms with Gasteiger partial charge in [0, 0.05) is 18.5 Å². The largest absolute Gasteiger partial charge is 0.619 e. The molecule has 2 bridgehead atoms. The molecule has 3 aromatic carbocycles. The van der Waals surface area contributed by atoms with E-state index in [1.807, 2.05) is 0 Å². The summed E-state index contributed by atoms with van der Waals surface area (Å²) in [5.74, 6) is 0.0952. The maximum atomic E-state index is 15.2.